The third-order valence-corrected chi connectivity index (χ3v) is 1.93. The molecule has 0 N–H and O–H groups in total. The van der Waals surface area contributed by atoms with Gasteiger partial charge in [-0.1, -0.05) is 6.07 Å². The number of rotatable bonds is 1. The largest absolute Gasteiger partial charge is 0.442 e. The van der Waals surface area contributed by atoms with Crippen LogP contribution in [0.2, 0.25) is 0 Å². The molecule has 6 nitrogen and oxygen atoms in total. The smallest absolute Gasteiger partial charge is 0.290 e. The van der Waals surface area contributed by atoms with Crippen molar-refractivity contribution >= 4 is 16.7 Å². The normalized spacial score (nSPS) is 10.5. The van der Waals surface area contributed by atoms with E-state index in [9.17, 15) is 14.9 Å². The number of aryl methyl sites for hydroxylation is 1. The molecule has 0 aliphatic rings. The maximum Gasteiger partial charge on any atom is 0.290 e. The van der Waals surface area contributed by atoms with E-state index in [2.05, 4.69) is 4.98 Å². The number of nitrogens with zero attached hydrogens (tertiary/aromatic N) is 2. The van der Waals surface area contributed by atoms with Gasteiger partial charge in [-0.3, -0.25) is 14.9 Å². The summed E-state index contributed by atoms with van der Waals surface area (Å²) >= 11 is 0. The van der Waals surface area contributed by atoms with Crippen molar-refractivity contribution in [1.82, 2.24) is 4.98 Å². The van der Waals surface area contributed by atoms with Crippen LogP contribution in [-0.4, -0.2) is 9.91 Å². The minimum absolute atomic E-state index is 0.0897. The van der Waals surface area contributed by atoms with Crippen molar-refractivity contribution in [3.05, 3.63) is 44.6 Å². The number of fused-ring (bicyclic) bond motifs is 1. The van der Waals surface area contributed by atoms with Gasteiger partial charge in [-0.25, -0.2) is 0 Å². The average Bonchev–Trinajstić information content (AvgIpc) is 2.16. The molecule has 2 aromatic rings. The molecule has 1 aromatic heterocycles. The van der Waals surface area contributed by atoms with Crippen LogP contribution in [0.1, 0.15) is 5.89 Å². The van der Waals surface area contributed by atoms with Gasteiger partial charge in [0.05, 0.1) is 4.92 Å². The fourth-order valence-electron chi connectivity index (χ4n) is 1.35. The Morgan fingerprint density at radius 3 is 2.87 bits per heavy atom. The van der Waals surface area contributed by atoms with E-state index in [1.54, 1.807) is 0 Å². The van der Waals surface area contributed by atoms with Crippen molar-refractivity contribution < 1.29 is 9.34 Å². The molecule has 76 valence electrons. The monoisotopic (exact) mass is 206 g/mol. The molecular weight excluding hydrogens is 200 g/mol. The summed E-state index contributed by atoms with van der Waals surface area (Å²) in [5.41, 5.74) is -0.739. The first-order valence-electron chi connectivity index (χ1n) is 4.14. The van der Waals surface area contributed by atoms with Crippen molar-refractivity contribution in [3.63, 3.8) is 0 Å². The van der Waals surface area contributed by atoms with Crippen LogP contribution in [0.25, 0.3) is 11.0 Å². The van der Waals surface area contributed by atoms with Crippen molar-refractivity contribution in [2.45, 2.75) is 6.92 Å². The van der Waals surface area contributed by atoms with Crippen LogP contribution in [0.15, 0.2) is 27.4 Å². The summed E-state index contributed by atoms with van der Waals surface area (Å²) < 4.78 is 5.12. The molecule has 1 aromatic carbocycles. The zero-order chi connectivity index (χ0) is 11.0. The standard InChI is InChI=1S/C9H6N2O4/c1-5-10-9(12)8-6(11(13)14)3-2-4-7(8)15-5/h2-4H,1H3. The zero-order valence-corrected chi connectivity index (χ0v) is 7.76. The summed E-state index contributed by atoms with van der Waals surface area (Å²) in [5.74, 6) is 0.188. The summed E-state index contributed by atoms with van der Waals surface area (Å²) in [6.45, 7) is 1.51. The third kappa shape index (κ3) is 1.45. The van der Waals surface area contributed by atoms with Crippen LogP contribution in [0, 0.1) is 17.0 Å². The molecule has 0 saturated heterocycles. The van der Waals surface area contributed by atoms with Gasteiger partial charge in [0.2, 0.25) is 0 Å². The first-order chi connectivity index (χ1) is 7.09. The SMILES string of the molecule is Cc1nc(=O)c2c([N+](=O)[O-])cccc2o1. The van der Waals surface area contributed by atoms with Crippen molar-refractivity contribution in [2.24, 2.45) is 0 Å². The molecule has 0 saturated carbocycles. The van der Waals surface area contributed by atoms with E-state index in [0.29, 0.717) is 0 Å². The Morgan fingerprint density at radius 2 is 2.20 bits per heavy atom. The summed E-state index contributed by atoms with van der Waals surface area (Å²) in [7, 11) is 0. The number of aromatic nitrogens is 1. The zero-order valence-electron chi connectivity index (χ0n) is 7.76. The van der Waals surface area contributed by atoms with Crippen molar-refractivity contribution in [3.8, 4) is 0 Å². The molecule has 0 bridgehead atoms. The molecule has 0 atom stereocenters. The Labute approximate surface area is 83.3 Å². The fraction of sp³-hybridized carbons (Fsp3) is 0.111. The van der Waals surface area contributed by atoms with Gasteiger partial charge in [0, 0.05) is 13.0 Å². The Bertz CT molecular complexity index is 603. The van der Waals surface area contributed by atoms with E-state index in [4.69, 9.17) is 4.42 Å². The molecule has 0 aliphatic heterocycles. The molecule has 15 heavy (non-hydrogen) atoms. The first kappa shape index (κ1) is 9.32. The second-order valence-corrected chi connectivity index (χ2v) is 2.95. The highest BCUT2D eigenvalue weighted by molar-refractivity contribution is 5.85. The van der Waals surface area contributed by atoms with E-state index in [-0.39, 0.29) is 22.5 Å². The third-order valence-electron chi connectivity index (χ3n) is 1.93. The van der Waals surface area contributed by atoms with E-state index in [0.717, 1.165) is 0 Å². The van der Waals surface area contributed by atoms with Gasteiger partial charge in [0.1, 0.15) is 5.58 Å². The highest BCUT2D eigenvalue weighted by Crippen LogP contribution is 2.21. The molecular formula is C9H6N2O4. The molecule has 0 radical (unpaired) electrons. The summed E-state index contributed by atoms with van der Waals surface area (Å²) in [4.78, 5) is 25.0. The van der Waals surface area contributed by atoms with Gasteiger partial charge >= 0.3 is 0 Å². The predicted octanol–water partition coefficient (Wildman–Crippen LogP) is 1.40. The molecule has 0 fully saturated rings. The molecule has 0 aliphatic carbocycles. The second-order valence-electron chi connectivity index (χ2n) is 2.95. The van der Waals surface area contributed by atoms with E-state index < -0.39 is 10.5 Å². The number of benzene rings is 1. The van der Waals surface area contributed by atoms with Crippen LogP contribution < -0.4 is 5.56 Å². The summed E-state index contributed by atoms with van der Waals surface area (Å²) in [5, 5.41) is 10.6. The number of nitro benzene ring substituents is 1. The van der Waals surface area contributed by atoms with E-state index in [1.165, 1.54) is 25.1 Å². The van der Waals surface area contributed by atoms with Crippen LogP contribution in [0.4, 0.5) is 5.69 Å². The molecule has 0 amide bonds. The lowest BCUT2D eigenvalue weighted by Gasteiger charge is -1.97. The van der Waals surface area contributed by atoms with Crippen LogP contribution >= 0.6 is 0 Å². The fourth-order valence-corrected chi connectivity index (χ4v) is 1.35. The minimum Gasteiger partial charge on any atom is -0.442 e. The van der Waals surface area contributed by atoms with Crippen LogP contribution in [0.5, 0.6) is 0 Å². The Kier molecular flexibility index (Phi) is 1.96. The highest BCUT2D eigenvalue weighted by Gasteiger charge is 2.16. The first-order valence-corrected chi connectivity index (χ1v) is 4.14. The van der Waals surface area contributed by atoms with Crippen LogP contribution in [-0.2, 0) is 0 Å². The van der Waals surface area contributed by atoms with Gasteiger partial charge in [-0.05, 0) is 6.07 Å². The minimum atomic E-state index is -0.638. The number of nitro groups is 1. The number of non-ortho nitro benzene ring substituents is 1. The highest BCUT2D eigenvalue weighted by atomic mass is 16.6. The van der Waals surface area contributed by atoms with E-state index >= 15 is 0 Å². The molecule has 6 heteroatoms. The topological polar surface area (TPSA) is 86.2 Å². The quantitative estimate of drug-likeness (QED) is 0.520. The lowest BCUT2D eigenvalue weighted by Crippen LogP contribution is -2.09. The number of hydrogen-bond donors (Lipinski definition) is 0. The molecule has 1 heterocycles. The lowest BCUT2D eigenvalue weighted by molar-refractivity contribution is -0.383. The maximum absolute atomic E-state index is 11.4. The predicted molar refractivity (Wildman–Crippen MR) is 51.7 cm³/mol. The maximum atomic E-state index is 11.4. The van der Waals surface area contributed by atoms with Crippen LogP contribution in [0.3, 0.4) is 0 Å². The summed E-state index contributed by atoms with van der Waals surface area (Å²) in [6.07, 6.45) is 0. The lowest BCUT2D eigenvalue weighted by atomic mass is 10.2. The number of hydrogen-bond acceptors (Lipinski definition) is 5. The van der Waals surface area contributed by atoms with Gasteiger partial charge < -0.3 is 4.42 Å². The second kappa shape index (κ2) is 3.16. The van der Waals surface area contributed by atoms with Gasteiger partial charge in [-0.2, -0.15) is 4.98 Å². The molecule has 0 spiro atoms. The molecule has 2 rings (SSSR count). The molecule has 0 unspecified atom stereocenters. The average molecular weight is 206 g/mol. The van der Waals surface area contributed by atoms with Gasteiger partial charge in [0.25, 0.3) is 11.2 Å². The van der Waals surface area contributed by atoms with E-state index in [1.807, 2.05) is 0 Å². The van der Waals surface area contributed by atoms with Crippen molar-refractivity contribution in [1.29, 1.82) is 0 Å². The van der Waals surface area contributed by atoms with Crippen molar-refractivity contribution in [2.75, 3.05) is 0 Å². The Morgan fingerprint density at radius 1 is 1.47 bits per heavy atom. The van der Waals surface area contributed by atoms with Gasteiger partial charge in [0.15, 0.2) is 11.3 Å². The Hall–Kier alpha value is -2.24. The summed E-state index contributed by atoms with van der Waals surface area (Å²) in [6, 6.07) is 4.21. The Balaban J connectivity index is 2.98. The van der Waals surface area contributed by atoms with Gasteiger partial charge in [-0.15, -0.1) is 0 Å².